The van der Waals surface area contributed by atoms with Gasteiger partial charge in [0, 0.05) is 25.7 Å². The molecular weight excluding hydrogens is 326 g/mol. The molecule has 1 amide bonds. The van der Waals surface area contributed by atoms with Gasteiger partial charge in [-0.25, -0.2) is 8.42 Å². The van der Waals surface area contributed by atoms with Crippen LogP contribution in [-0.2, 0) is 21.2 Å². The number of nitrogens with zero attached hydrogens (tertiary/aromatic N) is 2. The Morgan fingerprint density at radius 2 is 1.79 bits per heavy atom. The van der Waals surface area contributed by atoms with Crippen molar-refractivity contribution in [1.29, 1.82) is 0 Å². The lowest BCUT2D eigenvalue weighted by atomic mass is 10.0. The van der Waals surface area contributed by atoms with E-state index in [1.165, 1.54) is 0 Å². The molecular formula is C17H23N3O3S. The van der Waals surface area contributed by atoms with Gasteiger partial charge >= 0.3 is 0 Å². The molecule has 3 fully saturated rings. The van der Waals surface area contributed by atoms with Crippen molar-refractivity contribution in [2.45, 2.75) is 37.0 Å². The minimum absolute atomic E-state index is 0.0603. The molecule has 3 aliphatic rings. The molecule has 2 N–H and O–H groups in total. The van der Waals surface area contributed by atoms with Crippen LogP contribution in [0.15, 0.2) is 30.3 Å². The molecule has 0 radical (unpaired) electrons. The zero-order valence-electron chi connectivity index (χ0n) is 13.6. The number of carbonyl (C=O) groups is 1. The summed E-state index contributed by atoms with van der Waals surface area (Å²) in [7, 11) is -3.12. The van der Waals surface area contributed by atoms with Gasteiger partial charge in [-0.3, -0.25) is 9.69 Å². The fraction of sp³-hybridized carbons (Fsp3) is 0.588. The highest BCUT2D eigenvalue weighted by molar-refractivity contribution is 7.91. The first kappa shape index (κ1) is 16.1. The highest BCUT2D eigenvalue weighted by Crippen LogP contribution is 2.37. The summed E-state index contributed by atoms with van der Waals surface area (Å²) in [6.45, 7) is 1.96. The Balaban J connectivity index is 1.57. The van der Waals surface area contributed by atoms with E-state index in [9.17, 15) is 13.2 Å². The van der Waals surface area contributed by atoms with Crippen LogP contribution >= 0.6 is 0 Å². The van der Waals surface area contributed by atoms with Gasteiger partial charge < -0.3 is 10.6 Å². The van der Waals surface area contributed by atoms with E-state index in [1.54, 1.807) is 4.90 Å². The Hall–Kier alpha value is -1.44. The van der Waals surface area contributed by atoms with Crippen molar-refractivity contribution >= 4 is 15.7 Å². The Morgan fingerprint density at radius 1 is 1.12 bits per heavy atom. The highest BCUT2D eigenvalue weighted by Gasteiger charge is 2.54. The average Bonchev–Trinajstić information content (AvgIpc) is 3.20. The smallest absolute Gasteiger partial charge is 0.243 e. The number of benzene rings is 1. The van der Waals surface area contributed by atoms with Crippen LogP contribution in [0.5, 0.6) is 0 Å². The van der Waals surface area contributed by atoms with Gasteiger partial charge in [-0.15, -0.1) is 0 Å². The third-order valence-electron chi connectivity index (χ3n) is 5.49. The SMILES string of the molecule is NC1(C(=O)N2CCN(Cc3ccccc3)[C@@H]3CS(=O)(=O)C[C@@H]32)CC1. The molecule has 2 saturated heterocycles. The second kappa shape index (κ2) is 5.54. The molecule has 130 valence electrons. The van der Waals surface area contributed by atoms with Crippen molar-refractivity contribution in [3.8, 4) is 0 Å². The number of hydrogen-bond donors (Lipinski definition) is 1. The highest BCUT2D eigenvalue weighted by atomic mass is 32.2. The van der Waals surface area contributed by atoms with Crippen LogP contribution in [-0.4, -0.2) is 66.3 Å². The molecule has 2 aliphatic heterocycles. The van der Waals surface area contributed by atoms with Crippen LogP contribution in [0.25, 0.3) is 0 Å². The maximum atomic E-state index is 12.7. The average molecular weight is 349 g/mol. The molecule has 2 atom stereocenters. The third-order valence-corrected chi connectivity index (χ3v) is 7.19. The molecule has 0 bridgehead atoms. The first-order valence-corrected chi connectivity index (χ1v) is 10.3. The van der Waals surface area contributed by atoms with E-state index in [1.807, 2.05) is 18.2 Å². The molecule has 0 aromatic heterocycles. The summed E-state index contributed by atoms with van der Waals surface area (Å²) in [5.41, 5.74) is 6.50. The van der Waals surface area contributed by atoms with Crippen LogP contribution < -0.4 is 5.73 Å². The molecule has 1 aromatic rings. The van der Waals surface area contributed by atoms with Crippen LogP contribution in [0, 0.1) is 0 Å². The van der Waals surface area contributed by atoms with Crippen LogP contribution in [0.4, 0.5) is 0 Å². The van der Waals surface area contributed by atoms with E-state index in [-0.39, 0.29) is 29.5 Å². The monoisotopic (exact) mass is 349 g/mol. The molecule has 0 spiro atoms. The lowest BCUT2D eigenvalue weighted by Crippen LogP contribution is -2.63. The van der Waals surface area contributed by atoms with Gasteiger partial charge in [0.2, 0.25) is 5.91 Å². The summed E-state index contributed by atoms with van der Waals surface area (Å²) in [6.07, 6.45) is 1.42. The molecule has 1 aliphatic carbocycles. The normalized spacial score (nSPS) is 30.8. The Bertz CT molecular complexity index is 746. The van der Waals surface area contributed by atoms with Gasteiger partial charge in [0.05, 0.1) is 23.1 Å². The van der Waals surface area contributed by atoms with Crippen molar-refractivity contribution in [3.63, 3.8) is 0 Å². The first-order valence-electron chi connectivity index (χ1n) is 8.46. The second-order valence-corrected chi connectivity index (χ2v) is 9.48. The maximum Gasteiger partial charge on any atom is 0.243 e. The van der Waals surface area contributed by atoms with E-state index >= 15 is 0 Å². The minimum atomic E-state index is -3.12. The van der Waals surface area contributed by atoms with Crippen LogP contribution in [0.1, 0.15) is 18.4 Å². The van der Waals surface area contributed by atoms with Gasteiger partial charge in [-0.05, 0) is 18.4 Å². The number of sulfone groups is 1. The Kier molecular flexibility index (Phi) is 3.71. The zero-order valence-corrected chi connectivity index (χ0v) is 14.4. The molecule has 1 saturated carbocycles. The van der Waals surface area contributed by atoms with Crippen molar-refractivity contribution in [1.82, 2.24) is 9.80 Å². The lowest BCUT2D eigenvalue weighted by Gasteiger charge is -2.44. The fourth-order valence-corrected chi connectivity index (χ4v) is 5.94. The van der Waals surface area contributed by atoms with Crippen molar-refractivity contribution in [2.75, 3.05) is 24.6 Å². The fourth-order valence-electron chi connectivity index (χ4n) is 3.93. The van der Waals surface area contributed by atoms with Crippen molar-refractivity contribution in [3.05, 3.63) is 35.9 Å². The molecule has 24 heavy (non-hydrogen) atoms. The van der Waals surface area contributed by atoms with Gasteiger partial charge in [0.15, 0.2) is 9.84 Å². The number of carbonyl (C=O) groups excluding carboxylic acids is 1. The standard InChI is InChI=1S/C17H23N3O3S/c18-17(6-7-17)16(21)20-9-8-19(10-13-4-2-1-3-5-13)14-11-24(22,23)12-15(14)20/h1-5,14-15H,6-12,18H2/t14-,15+/m1/s1. The van der Waals surface area contributed by atoms with E-state index in [0.717, 1.165) is 5.56 Å². The van der Waals surface area contributed by atoms with Gasteiger partial charge in [-0.2, -0.15) is 0 Å². The van der Waals surface area contributed by atoms with Gasteiger partial charge in [-0.1, -0.05) is 30.3 Å². The first-order chi connectivity index (χ1) is 11.4. The van der Waals surface area contributed by atoms with Crippen LogP contribution in [0.3, 0.4) is 0 Å². The molecule has 1 aromatic carbocycles. The second-order valence-electron chi connectivity index (χ2n) is 7.32. The van der Waals surface area contributed by atoms with Gasteiger partial charge in [0.1, 0.15) is 0 Å². The molecule has 6 nitrogen and oxygen atoms in total. The molecule has 2 heterocycles. The predicted molar refractivity (Wildman–Crippen MR) is 90.9 cm³/mol. The van der Waals surface area contributed by atoms with E-state index < -0.39 is 15.4 Å². The lowest BCUT2D eigenvalue weighted by molar-refractivity contribution is -0.139. The summed E-state index contributed by atoms with van der Waals surface area (Å²) in [5, 5.41) is 0. The molecule has 0 unspecified atom stereocenters. The topological polar surface area (TPSA) is 83.7 Å². The summed E-state index contributed by atoms with van der Waals surface area (Å²) in [4.78, 5) is 16.7. The van der Waals surface area contributed by atoms with E-state index in [0.29, 0.717) is 32.5 Å². The predicted octanol–water partition coefficient (Wildman–Crippen LogP) is -0.0123. The number of nitrogens with two attached hydrogens (primary N) is 1. The Labute approximate surface area is 142 Å². The van der Waals surface area contributed by atoms with E-state index in [4.69, 9.17) is 5.73 Å². The summed E-state index contributed by atoms with van der Waals surface area (Å²) < 4.78 is 24.5. The summed E-state index contributed by atoms with van der Waals surface area (Å²) >= 11 is 0. The number of amides is 1. The molecule has 4 rings (SSSR count). The number of fused-ring (bicyclic) bond motifs is 1. The Morgan fingerprint density at radius 3 is 2.46 bits per heavy atom. The summed E-state index contributed by atoms with van der Waals surface area (Å²) in [6, 6.07) is 9.66. The number of hydrogen-bond acceptors (Lipinski definition) is 5. The maximum absolute atomic E-state index is 12.7. The van der Waals surface area contributed by atoms with E-state index in [2.05, 4.69) is 17.0 Å². The zero-order chi connectivity index (χ0) is 16.9. The van der Waals surface area contributed by atoms with Gasteiger partial charge in [0.25, 0.3) is 0 Å². The minimum Gasteiger partial charge on any atom is -0.334 e. The quantitative estimate of drug-likeness (QED) is 0.830. The van der Waals surface area contributed by atoms with Crippen molar-refractivity contribution < 1.29 is 13.2 Å². The number of piperazine rings is 1. The molecule has 7 heteroatoms. The summed E-state index contributed by atoms with van der Waals surface area (Å²) in [5.74, 6) is 0.130. The number of rotatable bonds is 3. The third kappa shape index (κ3) is 2.85. The largest absolute Gasteiger partial charge is 0.334 e. The van der Waals surface area contributed by atoms with Crippen LogP contribution in [0.2, 0.25) is 0 Å². The van der Waals surface area contributed by atoms with Crippen molar-refractivity contribution in [2.24, 2.45) is 5.73 Å².